The Bertz CT molecular complexity index is 945. The topological polar surface area (TPSA) is 67.9 Å². The summed E-state index contributed by atoms with van der Waals surface area (Å²) in [6, 6.07) is 11.6. The summed E-state index contributed by atoms with van der Waals surface area (Å²) in [6.45, 7) is 0.914. The quantitative estimate of drug-likeness (QED) is 0.794. The van der Waals surface area contributed by atoms with Crippen molar-refractivity contribution in [1.82, 2.24) is 5.32 Å². The van der Waals surface area contributed by atoms with E-state index in [-0.39, 0.29) is 18.2 Å². The van der Waals surface area contributed by atoms with E-state index < -0.39 is 18.0 Å². The third-order valence-corrected chi connectivity index (χ3v) is 3.86. The maximum atomic E-state index is 12.1. The Balaban J connectivity index is 1.50. The Morgan fingerprint density at radius 2 is 1.83 bits per heavy atom. The summed E-state index contributed by atoms with van der Waals surface area (Å²) in [5.41, 5.74) is 1.59. The molecule has 29 heavy (non-hydrogen) atoms. The van der Waals surface area contributed by atoms with E-state index in [9.17, 15) is 22.8 Å². The Morgan fingerprint density at radius 3 is 2.41 bits per heavy atom. The van der Waals surface area contributed by atoms with Crippen LogP contribution in [0.3, 0.4) is 0 Å². The fourth-order valence-electron chi connectivity index (χ4n) is 2.53. The van der Waals surface area contributed by atoms with Crippen molar-refractivity contribution in [3.63, 3.8) is 0 Å². The average Bonchev–Trinajstić information content (AvgIpc) is 3.11. The largest absolute Gasteiger partial charge is 0.573 e. The minimum atomic E-state index is -4.78. The smallest absolute Gasteiger partial charge is 0.447 e. The number of benzene rings is 2. The number of carbonyl (C=O) groups excluding carboxylic acids is 2. The van der Waals surface area contributed by atoms with Crippen molar-refractivity contribution in [3.05, 3.63) is 59.7 Å². The molecule has 1 heterocycles. The highest BCUT2D eigenvalue weighted by molar-refractivity contribution is 5.94. The summed E-state index contributed by atoms with van der Waals surface area (Å²) in [4.78, 5) is 25.0. The molecule has 150 valence electrons. The van der Waals surface area contributed by atoms with Crippen LogP contribution in [0.1, 0.15) is 15.9 Å². The van der Waals surface area contributed by atoms with Gasteiger partial charge in [-0.05, 0) is 48.5 Å². The van der Waals surface area contributed by atoms with Gasteiger partial charge < -0.3 is 14.8 Å². The van der Waals surface area contributed by atoms with Gasteiger partial charge in [0.1, 0.15) is 12.4 Å². The number of carbonyl (C=O) groups is 2. The summed E-state index contributed by atoms with van der Waals surface area (Å²) < 4.78 is 45.0. The number of cyclic esters (lactones) is 1. The average molecular weight is 404 g/mol. The van der Waals surface area contributed by atoms with Crippen LogP contribution in [0.2, 0.25) is 0 Å². The molecule has 0 radical (unpaired) electrons. The highest BCUT2D eigenvalue weighted by atomic mass is 19.4. The highest BCUT2D eigenvalue weighted by Gasteiger charge is 2.31. The second-order valence-electron chi connectivity index (χ2n) is 5.87. The summed E-state index contributed by atoms with van der Waals surface area (Å²) in [7, 11) is 0. The fraction of sp³-hybridized carbons (Fsp3) is 0.200. The molecule has 6 nitrogen and oxygen atoms in total. The van der Waals surface area contributed by atoms with Crippen molar-refractivity contribution >= 4 is 17.7 Å². The first-order valence-corrected chi connectivity index (χ1v) is 8.49. The van der Waals surface area contributed by atoms with Gasteiger partial charge in [-0.1, -0.05) is 11.8 Å². The minimum Gasteiger partial charge on any atom is -0.447 e. The maximum absolute atomic E-state index is 12.1. The molecule has 0 saturated carbocycles. The molecule has 3 rings (SSSR count). The summed E-state index contributed by atoms with van der Waals surface area (Å²) in [5.74, 6) is 4.78. The molecule has 0 spiro atoms. The molecule has 0 aliphatic carbocycles. The molecule has 0 unspecified atom stereocenters. The van der Waals surface area contributed by atoms with Crippen LogP contribution in [0.5, 0.6) is 5.75 Å². The first kappa shape index (κ1) is 20.1. The molecular formula is C20H15F3N2O4. The van der Waals surface area contributed by atoms with E-state index in [0.717, 1.165) is 12.1 Å². The summed E-state index contributed by atoms with van der Waals surface area (Å²) in [6.07, 6.45) is -5.17. The maximum Gasteiger partial charge on any atom is 0.573 e. The Hall–Kier alpha value is -3.67. The molecule has 1 aliphatic heterocycles. The van der Waals surface area contributed by atoms with E-state index in [1.807, 2.05) is 0 Å². The Kier molecular flexibility index (Phi) is 5.93. The van der Waals surface area contributed by atoms with Crippen molar-refractivity contribution in [2.45, 2.75) is 6.36 Å². The first-order valence-electron chi connectivity index (χ1n) is 8.49. The van der Waals surface area contributed by atoms with Gasteiger partial charge in [0, 0.05) is 16.8 Å². The van der Waals surface area contributed by atoms with E-state index in [1.165, 1.54) is 17.0 Å². The third-order valence-electron chi connectivity index (χ3n) is 3.86. The number of ether oxygens (including phenoxy) is 2. The van der Waals surface area contributed by atoms with Crippen LogP contribution < -0.4 is 15.0 Å². The van der Waals surface area contributed by atoms with Gasteiger partial charge in [-0.15, -0.1) is 13.2 Å². The van der Waals surface area contributed by atoms with Crippen molar-refractivity contribution in [1.29, 1.82) is 0 Å². The lowest BCUT2D eigenvalue weighted by molar-refractivity contribution is -0.274. The predicted octanol–water partition coefficient (Wildman–Crippen LogP) is 3.32. The number of nitrogens with zero attached hydrogens (tertiary/aromatic N) is 1. The lowest BCUT2D eigenvalue weighted by Gasteiger charge is -2.11. The molecule has 2 aromatic carbocycles. The summed E-state index contributed by atoms with van der Waals surface area (Å²) >= 11 is 0. The van der Waals surface area contributed by atoms with Crippen molar-refractivity contribution in [3.8, 4) is 17.6 Å². The van der Waals surface area contributed by atoms with E-state index in [1.54, 1.807) is 24.3 Å². The number of nitrogens with one attached hydrogen (secondary N) is 1. The lowest BCUT2D eigenvalue weighted by Crippen LogP contribution is -2.23. The molecule has 1 aliphatic rings. The number of rotatable bonds is 4. The van der Waals surface area contributed by atoms with Crippen LogP contribution in [0.15, 0.2) is 48.5 Å². The minimum absolute atomic E-state index is 0.0554. The van der Waals surface area contributed by atoms with E-state index in [4.69, 9.17) is 4.74 Å². The van der Waals surface area contributed by atoms with Gasteiger partial charge in [-0.2, -0.15) is 0 Å². The van der Waals surface area contributed by atoms with Gasteiger partial charge in [-0.25, -0.2) is 4.79 Å². The van der Waals surface area contributed by atoms with Crippen LogP contribution >= 0.6 is 0 Å². The van der Waals surface area contributed by atoms with Crippen molar-refractivity contribution < 1.29 is 32.2 Å². The number of halogens is 3. The Labute approximate surface area is 164 Å². The van der Waals surface area contributed by atoms with Gasteiger partial charge in [0.2, 0.25) is 0 Å². The van der Waals surface area contributed by atoms with E-state index in [0.29, 0.717) is 24.4 Å². The van der Waals surface area contributed by atoms with Gasteiger partial charge in [-0.3, -0.25) is 9.69 Å². The zero-order valence-corrected chi connectivity index (χ0v) is 15.0. The molecule has 9 heteroatoms. The molecule has 0 aromatic heterocycles. The number of hydrogen-bond acceptors (Lipinski definition) is 4. The van der Waals surface area contributed by atoms with Gasteiger partial charge in [0.05, 0.1) is 13.1 Å². The number of hydrogen-bond donors (Lipinski definition) is 1. The number of alkyl halides is 3. The second-order valence-corrected chi connectivity index (χ2v) is 5.87. The molecular weight excluding hydrogens is 389 g/mol. The normalized spacial score (nSPS) is 13.3. The van der Waals surface area contributed by atoms with Gasteiger partial charge in [0.15, 0.2) is 0 Å². The predicted molar refractivity (Wildman–Crippen MR) is 97.5 cm³/mol. The van der Waals surface area contributed by atoms with Crippen molar-refractivity contribution in [2.75, 3.05) is 24.6 Å². The molecule has 1 saturated heterocycles. The van der Waals surface area contributed by atoms with Gasteiger partial charge >= 0.3 is 12.5 Å². The van der Waals surface area contributed by atoms with Crippen LogP contribution in [-0.2, 0) is 4.74 Å². The highest BCUT2D eigenvalue weighted by Crippen LogP contribution is 2.22. The second kappa shape index (κ2) is 8.56. The fourth-order valence-corrected chi connectivity index (χ4v) is 2.53. The third kappa shape index (κ3) is 5.65. The molecule has 1 fully saturated rings. The summed E-state index contributed by atoms with van der Waals surface area (Å²) in [5, 5.41) is 2.55. The molecule has 1 N–H and O–H groups in total. The monoisotopic (exact) mass is 404 g/mol. The van der Waals surface area contributed by atoms with Crippen molar-refractivity contribution in [2.24, 2.45) is 0 Å². The molecule has 0 atom stereocenters. The molecule has 2 amide bonds. The van der Waals surface area contributed by atoms with E-state index >= 15 is 0 Å². The Morgan fingerprint density at radius 1 is 1.14 bits per heavy atom. The van der Waals surface area contributed by atoms with Crippen LogP contribution in [0.25, 0.3) is 0 Å². The number of anilines is 1. The van der Waals surface area contributed by atoms with E-state index in [2.05, 4.69) is 21.9 Å². The zero-order chi connectivity index (χ0) is 20.9. The molecule has 2 aromatic rings. The first-order chi connectivity index (χ1) is 13.8. The lowest BCUT2D eigenvalue weighted by atomic mass is 10.2. The standard InChI is InChI=1S/C20H15F3N2O4/c21-20(22,23)29-17-9-5-15(6-10-17)18(26)24-11-1-2-14-3-7-16(8-4-14)25-12-13-28-19(25)27/h3-10H,11-13H2,(H,24,26). The molecule has 0 bridgehead atoms. The van der Waals surface area contributed by atoms with Crippen LogP contribution in [0, 0.1) is 11.8 Å². The van der Waals surface area contributed by atoms with Gasteiger partial charge in [0.25, 0.3) is 5.91 Å². The zero-order valence-electron chi connectivity index (χ0n) is 15.0. The number of amides is 2. The van der Waals surface area contributed by atoms with Crippen LogP contribution in [-0.4, -0.2) is 38.1 Å². The van der Waals surface area contributed by atoms with Crippen LogP contribution in [0.4, 0.5) is 23.7 Å². The SMILES string of the molecule is O=C(NCC#Cc1ccc(N2CCOC2=O)cc1)c1ccc(OC(F)(F)F)cc1.